The minimum atomic E-state index is -4.54. The number of aryl methyl sites for hydroxylation is 2. The molecule has 0 atom stereocenters. The van der Waals surface area contributed by atoms with Crippen LogP contribution in [-0.2, 0) is 4.74 Å². The molecule has 1 amide bonds. The van der Waals surface area contributed by atoms with Gasteiger partial charge < -0.3 is 14.5 Å². The van der Waals surface area contributed by atoms with Crippen LogP contribution >= 0.6 is 11.8 Å². The summed E-state index contributed by atoms with van der Waals surface area (Å²) in [6.45, 7) is 2.41. The molecule has 1 heterocycles. The molecule has 2 rings (SSSR count). The van der Waals surface area contributed by atoms with E-state index in [2.05, 4.69) is 20.3 Å². The molecule has 10 heteroatoms. The first-order chi connectivity index (χ1) is 11.7. The summed E-state index contributed by atoms with van der Waals surface area (Å²) < 4.78 is 45.2. The van der Waals surface area contributed by atoms with Crippen LogP contribution in [0.2, 0.25) is 0 Å². The lowest BCUT2D eigenvalue weighted by atomic mass is 10.1. The van der Waals surface area contributed by atoms with Crippen molar-refractivity contribution in [2.24, 2.45) is 0 Å². The van der Waals surface area contributed by atoms with Crippen LogP contribution in [0, 0.1) is 13.8 Å². The third-order valence-corrected chi connectivity index (χ3v) is 3.66. The number of halogens is 3. The number of benzene rings is 1. The highest BCUT2D eigenvalue weighted by molar-refractivity contribution is 7.99. The molecule has 2 aromatic rings. The summed E-state index contributed by atoms with van der Waals surface area (Å²) in [6, 6.07) is 5.87. The molecule has 0 aliphatic heterocycles. The second kappa shape index (κ2) is 8.24. The number of rotatable bonds is 6. The number of nitrogens with one attached hydrogen (secondary N) is 1. The van der Waals surface area contributed by atoms with E-state index in [1.165, 1.54) is 11.8 Å². The summed E-state index contributed by atoms with van der Waals surface area (Å²) >= 11 is 1.18. The number of hydrogen-bond acceptors (Lipinski definition) is 6. The molecule has 0 bridgehead atoms. The van der Waals surface area contributed by atoms with Crippen molar-refractivity contribution in [2.75, 3.05) is 18.9 Å². The Hall–Kier alpha value is -2.23. The van der Waals surface area contributed by atoms with E-state index in [4.69, 9.17) is 4.42 Å². The lowest BCUT2D eigenvalue weighted by molar-refractivity contribution is -0.160. The molecule has 25 heavy (non-hydrogen) atoms. The fourth-order valence-corrected chi connectivity index (χ4v) is 2.59. The molecule has 0 fully saturated rings. The zero-order valence-corrected chi connectivity index (χ0v) is 14.3. The minimum absolute atomic E-state index is 0.0998. The highest BCUT2D eigenvalue weighted by Crippen LogP contribution is 2.24. The first kappa shape index (κ1) is 19.1. The van der Waals surface area contributed by atoms with Crippen LogP contribution in [0.5, 0.6) is 0 Å². The molecular weight excluding hydrogens is 359 g/mol. The van der Waals surface area contributed by atoms with E-state index in [1.807, 2.05) is 32.0 Å². The molecule has 136 valence electrons. The molecular formula is C15H16F3N3O3S. The zero-order valence-electron chi connectivity index (χ0n) is 13.5. The van der Waals surface area contributed by atoms with Gasteiger partial charge in [0.1, 0.15) is 0 Å². The van der Waals surface area contributed by atoms with Gasteiger partial charge in [0.05, 0.1) is 0 Å². The van der Waals surface area contributed by atoms with Crippen LogP contribution in [0.3, 0.4) is 0 Å². The van der Waals surface area contributed by atoms with Crippen molar-refractivity contribution in [3.8, 4) is 11.5 Å². The quantitative estimate of drug-likeness (QED) is 0.612. The van der Waals surface area contributed by atoms with E-state index in [0.29, 0.717) is 16.9 Å². The lowest BCUT2D eigenvalue weighted by Crippen LogP contribution is -2.30. The van der Waals surface area contributed by atoms with Crippen molar-refractivity contribution < 1.29 is 27.1 Å². The number of amides is 1. The number of alkyl carbamates (subject to hydrolysis) is 1. The van der Waals surface area contributed by atoms with E-state index >= 15 is 0 Å². The maximum absolute atomic E-state index is 11.9. The first-order valence-electron chi connectivity index (χ1n) is 7.25. The normalized spacial score (nSPS) is 11.4. The minimum Gasteiger partial charge on any atom is -0.440 e. The SMILES string of the molecule is Cc1cc(C)cc(-c2nnc(SCCNC(=O)OCC(F)(F)F)o2)c1. The van der Waals surface area contributed by atoms with Gasteiger partial charge in [-0.25, -0.2) is 4.79 Å². The molecule has 0 saturated heterocycles. The van der Waals surface area contributed by atoms with Crippen molar-refractivity contribution in [1.29, 1.82) is 0 Å². The van der Waals surface area contributed by atoms with Crippen LogP contribution in [0.1, 0.15) is 11.1 Å². The Morgan fingerprint density at radius 1 is 1.24 bits per heavy atom. The van der Waals surface area contributed by atoms with Crippen LogP contribution in [0.25, 0.3) is 11.5 Å². The van der Waals surface area contributed by atoms with Gasteiger partial charge in [-0.05, 0) is 26.0 Å². The van der Waals surface area contributed by atoms with Crippen LogP contribution in [0.15, 0.2) is 27.8 Å². The second-order valence-electron chi connectivity index (χ2n) is 5.22. The van der Waals surface area contributed by atoms with Crippen molar-refractivity contribution in [1.82, 2.24) is 15.5 Å². The third-order valence-electron chi connectivity index (χ3n) is 2.84. The molecule has 0 aliphatic carbocycles. The second-order valence-corrected chi connectivity index (χ2v) is 6.26. The highest BCUT2D eigenvalue weighted by Gasteiger charge is 2.29. The summed E-state index contributed by atoms with van der Waals surface area (Å²) in [5.41, 5.74) is 2.96. The Balaban J connectivity index is 1.77. The van der Waals surface area contributed by atoms with E-state index in [1.54, 1.807) is 0 Å². The average Bonchev–Trinajstić information content (AvgIpc) is 2.97. The fraction of sp³-hybridized carbons (Fsp3) is 0.400. The van der Waals surface area contributed by atoms with E-state index in [-0.39, 0.29) is 6.54 Å². The summed E-state index contributed by atoms with van der Waals surface area (Å²) in [5, 5.41) is 10.4. The molecule has 0 radical (unpaired) electrons. The summed E-state index contributed by atoms with van der Waals surface area (Å²) in [5.74, 6) is 0.724. The van der Waals surface area contributed by atoms with Crippen molar-refractivity contribution in [2.45, 2.75) is 25.2 Å². The number of ether oxygens (including phenoxy) is 1. The van der Waals surface area contributed by atoms with E-state index < -0.39 is 18.9 Å². The molecule has 0 spiro atoms. The predicted molar refractivity (Wildman–Crippen MR) is 85.3 cm³/mol. The molecule has 1 N–H and O–H groups in total. The van der Waals surface area contributed by atoms with Gasteiger partial charge in [0, 0.05) is 17.9 Å². The molecule has 1 aromatic heterocycles. The largest absolute Gasteiger partial charge is 0.440 e. The average molecular weight is 375 g/mol. The fourth-order valence-electron chi connectivity index (χ4n) is 1.97. The molecule has 0 saturated carbocycles. The van der Waals surface area contributed by atoms with Gasteiger partial charge in [-0.15, -0.1) is 10.2 Å². The number of carbonyl (C=O) groups excluding carboxylic acids is 1. The summed E-state index contributed by atoms with van der Waals surface area (Å²) in [6.07, 6.45) is -5.67. The van der Waals surface area contributed by atoms with Gasteiger partial charge in [0.25, 0.3) is 5.22 Å². The summed E-state index contributed by atoms with van der Waals surface area (Å²) in [7, 11) is 0. The van der Waals surface area contributed by atoms with Gasteiger partial charge in [-0.1, -0.05) is 29.0 Å². The third kappa shape index (κ3) is 6.65. The van der Waals surface area contributed by atoms with Crippen molar-refractivity contribution >= 4 is 17.9 Å². The van der Waals surface area contributed by atoms with Crippen LogP contribution < -0.4 is 5.32 Å². The number of nitrogens with zero attached hydrogens (tertiary/aromatic N) is 2. The van der Waals surface area contributed by atoms with Crippen molar-refractivity contribution in [3.63, 3.8) is 0 Å². The first-order valence-corrected chi connectivity index (χ1v) is 8.24. The Bertz CT molecular complexity index is 714. The van der Waals surface area contributed by atoms with Gasteiger partial charge in [-0.3, -0.25) is 0 Å². The van der Waals surface area contributed by atoms with E-state index in [0.717, 1.165) is 16.7 Å². The predicted octanol–water partition coefficient (Wildman–Crippen LogP) is 3.73. The Kier molecular flexibility index (Phi) is 6.29. The van der Waals surface area contributed by atoms with Crippen LogP contribution in [-0.4, -0.2) is 41.4 Å². The zero-order chi connectivity index (χ0) is 18.4. The number of thioether (sulfide) groups is 1. The van der Waals surface area contributed by atoms with E-state index in [9.17, 15) is 18.0 Å². The molecule has 0 aliphatic rings. The Labute approximate surface area is 146 Å². The molecule has 1 aromatic carbocycles. The molecule has 6 nitrogen and oxygen atoms in total. The topological polar surface area (TPSA) is 77.2 Å². The highest BCUT2D eigenvalue weighted by atomic mass is 32.2. The van der Waals surface area contributed by atoms with Gasteiger partial charge in [-0.2, -0.15) is 13.2 Å². The smallest absolute Gasteiger partial charge is 0.422 e. The number of aromatic nitrogens is 2. The Morgan fingerprint density at radius 3 is 2.56 bits per heavy atom. The monoisotopic (exact) mass is 375 g/mol. The number of alkyl halides is 3. The summed E-state index contributed by atoms with van der Waals surface area (Å²) in [4.78, 5) is 11.1. The standard InChI is InChI=1S/C15H16F3N3O3S/c1-9-5-10(2)7-11(6-9)12-20-21-14(24-12)25-4-3-19-13(22)23-8-15(16,17)18/h5-7H,3-4,8H2,1-2H3,(H,19,22). The number of carbonyl (C=O) groups is 1. The van der Waals surface area contributed by atoms with Gasteiger partial charge >= 0.3 is 12.3 Å². The Morgan fingerprint density at radius 2 is 1.92 bits per heavy atom. The lowest BCUT2D eigenvalue weighted by Gasteiger charge is -2.08. The van der Waals surface area contributed by atoms with Gasteiger partial charge in [0.15, 0.2) is 6.61 Å². The molecule has 0 unspecified atom stereocenters. The maximum atomic E-state index is 11.9. The van der Waals surface area contributed by atoms with Crippen LogP contribution in [0.4, 0.5) is 18.0 Å². The van der Waals surface area contributed by atoms with Gasteiger partial charge in [0.2, 0.25) is 5.89 Å². The van der Waals surface area contributed by atoms with Crippen molar-refractivity contribution in [3.05, 3.63) is 29.3 Å². The number of hydrogen-bond donors (Lipinski definition) is 1. The maximum Gasteiger partial charge on any atom is 0.422 e.